The number of amides is 2. The van der Waals surface area contributed by atoms with Crippen molar-refractivity contribution in [3.63, 3.8) is 0 Å². The smallest absolute Gasteiger partial charge is 0.260 e. The van der Waals surface area contributed by atoms with Gasteiger partial charge in [0.1, 0.15) is 11.5 Å². The van der Waals surface area contributed by atoms with Crippen LogP contribution < -0.4 is 10.1 Å². The second kappa shape index (κ2) is 8.97. The van der Waals surface area contributed by atoms with E-state index in [1.54, 1.807) is 48.2 Å². The van der Waals surface area contributed by atoms with Gasteiger partial charge in [-0.2, -0.15) is 0 Å². The average molecular weight is 403 g/mol. The Morgan fingerprint density at radius 1 is 1.18 bits per heavy atom. The first-order valence-corrected chi connectivity index (χ1v) is 9.61. The first-order valence-electron chi connectivity index (χ1n) is 9.23. The van der Waals surface area contributed by atoms with Gasteiger partial charge in [-0.3, -0.25) is 9.59 Å². The van der Waals surface area contributed by atoms with Gasteiger partial charge in [-0.25, -0.2) is 0 Å². The number of phenols is 1. The molecule has 0 spiro atoms. The first kappa shape index (κ1) is 20.0. The fourth-order valence-electron chi connectivity index (χ4n) is 3.13. The topological polar surface area (TPSA) is 78.9 Å². The number of phenolic OH excluding ortho intramolecular Hbond substituents is 1. The van der Waals surface area contributed by atoms with E-state index in [0.29, 0.717) is 42.3 Å². The van der Waals surface area contributed by atoms with Crippen LogP contribution in [-0.2, 0) is 4.79 Å². The van der Waals surface area contributed by atoms with Crippen molar-refractivity contribution in [2.75, 3.05) is 13.1 Å². The number of hydrogen-bond donors (Lipinski definition) is 2. The Bertz CT molecular complexity index is 833. The zero-order valence-electron chi connectivity index (χ0n) is 15.6. The number of nitrogens with zero attached hydrogens (tertiary/aromatic N) is 1. The number of aromatic hydroxyl groups is 1. The minimum absolute atomic E-state index is 0.00165. The van der Waals surface area contributed by atoms with Crippen LogP contribution in [0.5, 0.6) is 11.5 Å². The number of halogens is 1. The van der Waals surface area contributed by atoms with Gasteiger partial charge in [0, 0.05) is 29.7 Å². The van der Waals surface area contributed by atoms with Crippen molar-refractivity contribution in [1.29, 1.82) is 0 Å². The van der Waals surface area contributed by atoms with E-state index in [4.69, 9.17) is 16.3 Å². The van der Waals surface area contributed by atoms with E-state index in [9.17, 15) is 14.7 Å². The quantitative estimate of drug-likeness (QED) is 0.804. The molecule has 0 saturated carbocycles. The fourth-order valence-corrected chi connectivity index (χ4v) is 3.32. The highest BCUT2D eigenvalue weighted by molar-refractivity contribution is 6.30. The molecule has 1 fully saturated rings. The molecule has 2 amide bonds. The molecule has 1 heterocycles. The van der Waals surface area contributed by atoms with Gasteiger partial charge in [-0.05, 0) is 62.2 Å². The van der Waals surface area contributed by atoms with Crippen LogP contribution in [0.3, 0.4) is 0 Å². The van der Waals surface area contributed by atoms with E-state index in [1.807, 2.05) is 0 Å². The number of piperidine rings is 1. The molecule has 6 nitrogen and oxygen atoms in total. The van der Waals surface area contributed by atoms with Crippen molar-refractivity contribution in [2.24, 2.45) is 0 Å². The lowest BCUT2D eigenvalue weighted by Crippen LogP contribution is -2.49. The number of rotatable bonds is 5. The van der Waals surface area contributed by atoms with Crippen LogP contribution in [0.2, 0.25) is 5.02 Å². The van der Waals surface area contributed by atoms with Crippen molar-refractivity contribution >= 4 is 23.4 Å². The molecule has 7 heteroatoms. The third-order valence-electron chi connectivity index (χ3n) is 4.72. The molecule has 2 aromatic rings. The van der Waals surface area contributed by atoms with Crippen LogP contribution in [0.25, 0.3) is 0 Å². The second-order valence-corrected chi connectivity index (χ2v) is 7.28. The van der Waals surface area contributed by atoms with Gasteiger partial charge in [0.2, 0.25) is 0 Å². The summed E-state index contributed by atoms with van der Waals surface area (Å²) in [5.41, 5.74) is 0.575. The van der Waals surface area contributed by atoms with Crippen LogP contribution in [0.15, 0.2) is 48.5 Å². The molecular weight excluding hydrogens is 380 g/mol. The van der Waals surface area contributed by atoms with E-state index in [0.717, 1.165) is 0 Å². The number of nitrogens with one attached hydrogen (secondary N) is 1. The van der Waals surface area contributed by atoms with Crippen LogP contribution in [0, 0.1) is 0 Å². The third-order valence-corrected chi connectivity index (χ3v) is 4.95. The predicted octanol–water partition coefficient (Wildman–Crippen LogP) is 3.23. The lowest BCUT2D eigenvalue weighted by atomic mass is 10.0. The van der Waals surface area contributed by atoms with Crippen molar-refractivity contribution in [1.82, 2.24) is 10.2 Å². The van der Waals surface area contributed by atoms with E-state index in [1.165, 1.54) is 12.1 Å². The number of hydrogen-bond acceptors (Lipinski definition) is 4. The zero-order chi connectivity index (χ0) is 20.1. The van der Waals surface area contributed by atoms with Gasteiger partial charge in [0.15, 0.2) is 6.10 Å². The van der Waals surface area contributed by atoms with Crippen LogP contribution in [0.1, 0.15) is 30.1 Å². The molecule has 2 N–H and O–H groups in total. The number of ether oxygens (including phenoxy) is 1. The molecule has 28 heavy (non-hydrogen) atoms. The molecule has 2 aromatic carbocycles. The van der Waals surface area contributed by atoms with Gasteiger partial charge >= 0.3 is 0 Å². The summed E-state index contributed by atoms with van der Waals surface area (Å²) in [6.07, 6.45) is 0.712. The number of benzene rings is 2. The summed E-state index contributed by atoms with van der Waals surface area (Å²) < 4.78 is 5.60. The molecular formula is C21H23ClN2O4. The van der Waals surface area contributed by atoms with E-state index in [2.05, 4.69) is 5.32 Å². The summed E-state index contributed by atoms with van der Waals surface area (Å²) in [5.74, 6) is 0.412. The third kappa shape index (κ3) is 5.16. The lowest BCUT2D eigenvalue weighted by molar-refractivity contribution is -0.128. The maximum absolute atomic E-state index is 12.6. The Morgan fingerprint density at radius 3 is 2.50 bits per heavy atom. The minimum Gasteiger partial charge on any atom is -0.508 e. The number of carbonyl (C=O) groups is 2. The summed E-state index contributed by atoms with van der Waals surface area (Å²) in [6.45, 7) is 2.83. The van der Waals surface area contributed by atoms with E-state index < -0.39 is 6.10 Å². The summed E-state index contributed by atoms with van der Waals surface area (Å²) in [5, 5.41) is 12.8. The van der Waals surface area contributed by atoms with E-state index >= 15 is 0 Å². The van der Waals surface area contributed by atoms with Gasteiger partial charge in [0.25, 0.3) is 11.8 Å². The Kier molecular flexibility index (Phi) is 6.41. The van der Waals surface area contributed by atoms with Gasteiger partial charge in [-0.1, -0.05) is 17.7 Å². The van der Waals surface area contributed by atoms with Crippen molar-refractivity contribution in [3.8, 4) is 11.5 Å². The SMILES string of the molecule is CC(Oc1ccc(O)cc1)C(=O)NC1CCN(C(=O)c2cccc(Cl)c2)CC1. The summed E-state index contributed by atoms with van der Waals surface area (Å²) in [6, 6.07) is 13.2. The Balaban J connectivity index is 1.47. The van der Waals surface area contributed by atoms with Crippen LogP contribution in [0.4, 0.5) is 0 Å². The second-order valence-electron chi connectivity index (χ2n) is 6.84. The molecule has 1 aliphatic rings. The van der Waals surface area contributed by atoms with E-state index in [-0.39, 0.29) is 23.6 Å². The largest absolute Gasteiger partial charge is 0.508 e. The van der Waals surface area contributed by atoms with Crippen LogP contribution >= 0.6 is 11.6 Å². The zero-order valence-corrected chi connectivity index (χ0v) is 16.4. The summed E-state index contributed by atoms with van der Waals surface area (Å²) >= 11 is 5.96. The highest BCUT2D eigenvalue weighted by atomic mass is 35.5. The fraction of sp³-hybridized carbons (Fsp3) is 0.333. The average Bonchev–Trinajstić information content (AvgIpc) is 2.69. The molecule has 0 aromatic heterocycles. The normalized spacial score (nSPS) is 15.7. The molecule has 3 rings (SSSR count). The number of likely N-dealkylation sites (tertiary alicyclic amines) is 1. The van der Waals surface area contributed by atoms with Gasteiger partial charge in [0.05, 0.1) is 0 Å². The molecule has 1 aliphatic heterocycles. The van der Waals surface area contributed by atoms with Gasteiger partial charge in [-0.15, -0.1) is 0 Å². The predicted molar refractivity (Wildman–Crippen MR) is 107 cm³/mol. The molecule has 1 unspecified atom stereocenters. The van der Waals surface area contributed by atoms with Crippen molar-refractivity contribution in [3.05, 3.63) is 59.1 Å². The standard InChI is InChI=1S/C21H23ClN2O4/c1-14(28-19-7-5-18(25)6-8-19)20(26)23-17-9-11-24(12-10-17)21(27)15-3-2-4-16(22)13-15/h2-8,13-14,17,25H,9-12H2,1H3,(H,23,26). The Morgan fingerprint density at radius 2 is 1.86 bits per heavy atom. The number of carbonyl (C=O) groups excluding carboxylic acids is 2. The maximum Gasteiger partial charge on any atom is 0.260 e. The molecule has 1 saturated heterocycles. The van der Waals surface area contributed by atoms with Crippen molar-refractivity contribution < 1.29 is 19.4 Å². The molecule has 0 aliphatic carbocycles. The molecule has 0 radical (unpaired) electrons. The molecule has 1 atom stereocenters. The Labute approximate surface area is 169 Å². The van der Waals surface area contributed by atoms with Crippen LogP contribution in [-0.4, -0.2) is 47.1 Å². The first-order chi connectivity index (χ1) is 13.4. The Hall–Kier alpha value is -2.73. The minimum atomic E-state index is -0.657. The molecule has 148 valence electrons. The molecule has 0 bridgehead atoms. The highest BCUT2D eigenvalue weighted by Gasteiger charge is 2.26. The lowest BCUT2D eigenvalue weighted by Gasteiger charge is -2.33. The maximum atomic E-state index is 12.6. The van der Waals surface area contributed by atoms with Crippen molar-refractivity contribution in [2.45, 2.75) is 31.9 Å². The highest BCUT2D eigenvalue weighted by Crippen LogP contribution is 2.19. The van der Waals surface area contributed by atoms with Gasteiger partial charge < -0.3 is 20.1 Å². The summed E-state index contributed by atoms with van der Waals surface area (Å²) in [7, 11) is 0. The summed E-state index contributed by atoms with van der Waals surface area (Å²) in [4.78, 5) is 26.7. The monoisotopic (exact) mass is 402 g/mol.